The van der Waals surface area contributed by atoms with Crippen LogP contribution in [0.25, 0.3) is 0 Å². The van der Waals surface area contributed by atoms with E-state index in [-0.39, 0.29) is 24.3 Å². The van der Waals surface area contributed by atoms with Crippen LogP contribution in [0.15, 0.2) is 34.2 Å². The van der Waals surface area contributed by atoms with E-state index in [9.17, 15) is 18.4 Å². The van der Waals surface area contributed by atoms with Crippen molar-refractivity contribution in [3.05, 3.63) is 24.3 Å². The van der Waals surface area contributed by atoms with E-state index in [4.69, 9.17) is 0 Å². The van der Waals surface area contributed by atoms with Gasteiger partial charge in [0.15, 0.2) is 5.17 Å². The molecule has 2 N–H and O–H groups in total. The van der Waals surface area contributed by atoms with Crippen molar-refractivity contribution in [1.29, 1.82) is 0 Å². The Labute approximate surface area is 153 Å². The largest absolute Gasteiger partial charge is 0.326 e. The summed E-state index contributed by atoms with van der Waals surface area (Å²) < 4.78 is 24.5. The van der Waals surface area contributed by atoms with Gasteiger partial charge in [-0.05, 0) is 37.6 Å². The number of nitrogens with zero attached hydrogens (tertiary/aromatic N) is 1. The Morgan fingerprint density at radius 2 is 2.08 bits per heavy atom. The number of anilines is 1. The molecule has 1 aromatic rings. The lowest BCUT2D eigenvalue weighted by Gasteiger charge is -2.08. The number of hydrogen-bond donors (Lipinski definition) is 2. The van der Waals surface area contributed by atoms with Crippen molar-refractivity contribution in [2.45, 2.75) is 48.6 Å². The minimum atomic E-state index is -2.48. The number of thioether (sulfide) groups is 2. The van der Waals surface area contributed by atoms with E-state index in [1.165, 1.54) is 23.9 Å². The molecule has 5 nitrogen and oxygen atoms in total. The average Bonchev–Trinajstić information content (AvgIpc) is 2.87. The predicted octanol–water partition coefficient (Wildman–Crippen LogP) is 3.72. The maximum Gasteiger partial charge on any atom is 0.288 e. The molecule has 1 heterocycles. The molecule has 0 aromatic heterocycles. The summed E-state index contributed by atoms with van der Waals surface area (Å²) in [5, 5.41) is 5.38. The molecule has 0 bridgehead atoms. The third-order valence-corrected chi connectivity index (χ3v) is 5.26. The summed E-state index contributed by atoms with van der Waals surface area (Å²) in [5.41, 5.74) is 0.500. The smallest absolute Gasteiger partial charge is 0.288 e. The second-order valence-electron chi connectivity index (χ2n) is 5.44. The van der Waals surface area contributed by atoms with Crippen molar-refractivity contribution in [3.63, 3.8) is 0 Å². The topological polar surface area (TPSA) is 70.6 Å². The number of halogens is 2. The summed E-state index contributed by atoms with van der Waals surface area (Å²) in [7, 11) is 0. The van der Waals surface area contributed by atoms with Gasteiger partial charge in [0.25, 0.3) is 5.76 Å². The van der Waals surface area contributed by atoms with Gasteiger partial charge in [-0.3, -0.25) is 14.6 Å². The maximum absolute atomic E-state index is 12.3. The van der Waals surface area contributed by atoms with Crippen LogP contribution in [0.4, 0.5) is 14.5 Å². The number of rotatable bonds is 7. The Morgan fingerprint density at radius 3 is 2.68 bits per heavy atom. The highest BCUT2D eigenvalue weighted by atomic mass is 32.2. The number of carbonyl (C=O) groups is 2. The van der Waals surface area contributed by atoms with Gasteiger partial charge in [0.2, 0.25) is 11.8 Å². The van der Waals surface area contributed by atoms with E-state index in [1.54, 1.807) is 12.1 Å². The van der Waals surface area contributed by atoms with E-state index in [1.807, 2.05) is 13.8 Å². The Bertz CT molecular complexity index is 653. The molecule has 0 aliphatic carbocycles. The third-order valence-electron chi connectivity index (χ3n) is 3.44. The van der Waals surface area contributed by atoms with Gasteiger partial charge in [-0.25, -0.2) is 0 Å². The van der Waals surface area contributed by atoms with Crippen molar-refractivity contribution in [3.8, 4) is 0 Å². The fraction of sp³-hybridized carbons (Fsp3) is 0.438. The number of benzene rings is 1. The highest BCUT2D eigenvalue weighted by molar-refractivity contribution is 8.15. The molecule has 1 fully saturated rings. The zero-order valence-electron chi connectivity index (χ0n) is 13.8. The lowest BCUT2D eigenvalue weighted by Crippen LogP contribution is -2.28. The summed E-state index contributed by atoms with van der Waals surface area (Å²) in [6.07, 6.45) is 0.883. The van der Waals surface area contributed by atoms with Crippen LogP contribution < -0.4 is 10.6 Å². The van der Waals surface area contributed by atoms with Gasteiger partial charge in [-0.15, -0.1) is 0 Å². The highest BCUT2D eigenvalue weighted by Crippen LogP contribution is 2.27. The summed E-state index contributed by atoms with van der Waals surface area (Å²) in [6.45, 7) is 3.96. The minimum absolute atomic E-state index is 0.0174. The summed E-state index contributed by atoms with van der Waals surface area (Å²) in [6, 6.07) is 6.25. The SMILES string of the molecule is CC[C@@H](C)N=C1NC(=O)[C@H](CC(=O)Nc2ccc(SC(F)F)cc2)S1. The Hall–Kier alpha value is -1.61. The van der Waals surface area contributed by atoms with Crippen LogP contribution in [0.3, 0.4) is 0 Å². The van der Waals surface area contributed by atoms with E-state index >= 15 is 0 Å². The van der Waals surface area contributed by atoms with Crippen molar-refractivity contribution in [2.24, 2.45) is 4.99 Å². The standard InChI is InChI=1S/C16H19F2N3O2S2/c1-3-9(2)19-16-21-14(23)12(25-16)8-13(22)20-10-4-6-11(7-5-10)24-15(17)18/h4-7,9,12,15H,3,8H2,1-2H3,(H,20,22)(H,19,21,23)/t9-,12+/m1/s1. The lowest BCUT2D eigenvalue weighted by molar-refractivity contribution is -0.122. The van der Waals surface area contributed by atoms with Crippen LogP contribution in [0, 0.1) is 0 Å². The average molecular weight is 387 g/mol. The first-order valence-corrected chi connectivity index (χ1v) is 9.53. The monoisotopic (exact) mass is 387 g/mol. The number of aliphatic imine (C=N–C) groups is 1. The predicted molar refractivity (Wildman–Crippen MR) is 98.3 cm³/mol. The number of nitrogens with one attached hydrogen (secondary N) is 2. The highest BCUT2D eigenvalue weighted by Gasteiger charge is 2.32. The quantitative estimate of drug-likeness (QED) is 0.700. The van der Waals surface area contributed by atoms with Crippen molar-refractivity contribution < 1.29 is 18.4 Å². The Morgan fingerprint density at radius 1 is 1.40 bits per heavy atom. The van der Waals surface area contributed by atoms with Gasteiger partial charge in [0.05, 0.1) is 0 Å². The summed E-state index contributed by atoms with van der Waals surface area (Å²) in [4.78, 5) is 28.8. The molecular weight excluding hydrogens is 368 g/mol. The fourth-order valence-electron chi connectivity index (χ4n) is 1.99. The molecule has 1 saturated heterocycles. The zero-order chi connectivity index (χ0) is 18.4. The molecule has 1 aliphatic rings. The van der Waals surface area contributed by atoms with Gasteiger partial charge < -0.3 is 10.6 Å². The van der Waals surface area contributed by atoms with Gasteiger partial charge in [-0.1, -0.05) is 30.4 Å². The molecule has 0 saturated carbocycles. The molecule has 136 valence electrons. The van der Waals surface area contributed by atoms with Crippen molar-refractivity contribution >= 4 is 46.2 Å². The molecule has 2 atom stereocenters. The van der Waals surface area contributed by atoms with Gasteiger partial charge in [0, 0.05) is 23.0 Å². The van der Waals surface area contributed by atoms with E-state index in [2.05, 4.69) is 15.6 Å². The molecular formula is C16H19F2N3O2S2. The molecule has 0 spiro atoms. The van der Waals surface area contributed by atoms with Crippen LogP contribution in [-0.2, 0) is 9.59 Å². The molecule has 2 rings (SSSR count). The van der Waals surface area contributed by atoms with Crippen molar-refractivity contribution in [1.82, 2.24) is 5.32 Å². The van der Waals surface area contributed by atoms with E-state index in [0.717, 1.165) is 6.42 Å². The van der Waals surface area contributed by atoms with E-state index in [0.29, 0.717) is 27.5 Å². The molecule has 0 radical (unpaired) electrons. The minimum Gasteiger partial charge on any atom is -0.326 e. The lowest BCUT2D eigenvalue weighted by atomic mass is 10.2. The van der Waals surface area contributed by atoms with Crippen LogP contribution >= 0.6 is 23.5 Å². The van der Waals surface area contributed by atoms with Crippen LogP contribution in [0.1, 0.15) is 26.7 Å². The number of amidine groups is 1. The first kappa shape index (κ1) is 19.7. The number of carbonyl (C=O) groups excluding carboxylic acids is 2. The molecule has 0 unspecified atom stereocenters. The first-order chi connectivity index (χ1) is 11.9. The summed E-state index contributed by atoms with van der Waals surface area (Å²) >= 11 is 1.70. The Kier molecular flexibility index (Phi) is 7.24. The second-order valence-corrected chi connectivity index (χ2v) is 7.70. The maximum atomic E-state index is 12.3. The Balaban J connectivity index is 1.88. The normalized spacial score (nSPS) is 20.0. The molecule has 1 aliphatic heterocycles. The van der Waals surface area contributed by atoms with Crippen LogP contribution in [0.2, 0.25) is 0 Å². The molecule has 9 heteroatoms. The van der Waals surface area contributed by atoms with Gasteiger partial charge >= 0.3 is 0 Å². The number of amides is 2. The molecule has 2 amide bonds. The van der Waals surface area contributed by atoms with Gasteiger partial charge in [0.1, 0.15) is 5.25 Å². The van der Waals surface area contributed by atoms with Crippen molar-refractivity contribution in [2.75, 3.05) is 5.32 Å². The zero-order valence-corrected chi connectivity index (χ0v) is 15.4. The second kappa shape index (κ2) is 9.19. The number of hydrogen-bond acceptors (Lipinski definition) is 5. The van der Waals surface area contributed by atoms with E-state index < -0.39 is 11.0 Å². The van der Waals surface area contributed by atoms with Gasteiger partial charge in [-0.2, -0.15) is 8.78 Å². The summed E-state index contributed by atoms with van der Waals surface area (Å²) in [5.74, 6) is -3.03. The van der Waals surface area contributed by atoms with Crippen LogP contribution in [0.5, 0.6) is 0 Å². The fourth-order valence-corrected chi connectivity index (χ4v) is 3.56. The molecule has 1 aromatic carbocycles. The first-order valence-electron chi connectivity index (χ1n) is 7.77. The number of alkyl halides is 2. The third kappa shape index (κ3) is 6.32. The molecule has 25 heavy (non-hydrogen) atoms. The van der Waals surface area contributed by atoms with Crippen LogP contribution in [-0.4, -0.2) is 34.0 Å².